The summed E-state index contributed by atoms with van der Waals surface area (Å²) in [6, 6.07) is 7.97. The second kappa shape index (κ2) is 9.64. The molecule has 0 atom stereocenters. The minimum Gasteiger partial charge on any atom is -0.380 e. The van der Waals surface area contributed by atoms with Crippen LogP contribution in [0.4, 0.5) is 5.69 Å². The van der Waals surface area contributed by atoms with Gasteiger partial charge in [0.15, 0.2) is 5.96 Å². The van der Waals surface area contributed by atoms with Crippen LogP contribution in [0.3, 0.4) is 0 Å². The first-order valence-corrected chi connectivity index (χ1v) is 8.97. The number of para-hydroxylation sites is 1. The van der Waals surface area contributed by atoms with Gasteiger partial charge in [0.05, 0.1) is 18.8 Å². The smallest absolute Gasteiger partial charge is 0.193 e. The zero-order valence-electron chi connectivity index (χ0n) is 15.0. The molecule has 0 heterocycles. The van der Waals surface area contributed by atoms with Crippen molar-refractivity contribution in [2.24, 2.45) is 10.7 Å². The fraction of sp³-hybridized carbons (Fsp3) is 0.632. The Bertz CT molecular complexity index is 525. The van der Waals surface area contributed by atoms with E-state index >= 15 is 0 Å². The molecule has 24 heavy (non-hydrogen) atoms. The second-order valence-corrected chi connectivity index (χ2v) is 6.51. The number of hydrogen-bond acceptors (Lipinski definition) is 3. The number of rotatable bonds is 8. The van der Waals surface area contributed by atoms with Crippen LogP contribution in [0.2, 0.25) is 0 Å². The third kappa shape index (κ3) is 5.49. The number of methoxy groups -OCH3 is 1. The predicted octanol–water partition coefficient (Wildman–Crippen LogP) is 3.69. The molecule has 1 fully saturated rings. The quantitative estimate of drug-likeness (QED) is 0.562. The van der Waals surface area contributed by atoms with E-state index in [4.69, 9.17) is 15.2 Å². The number of nitrogens with two attached hydrogens (primary N) is 1. The molecular formula is C19H31N3O2. The van der Waals surface area contributed by atoms with Crippen molar-refractivity contribution in [2.75, 3.05) is 25.6 Å². The highest BCUT2D eigenvalue weighted by Gasteiger charge is 2.32. The highest BCUT2D eigenvalue weighted by Crippen LogP contribution is 2.32. The summed E-state index contributed by atoms with van der Waals surface area (Å²) in [4.78, 5) is 4.59. The van der Waals surface area contributed by atoms with E-state index in [2.05, 4.69) is 17.2 Å². The lowest BCUT2D eigenvalue weighted by Crippen LogP contribution is -2.40. The molecule has 1 saturated carbocycles. The van der Waals surface area contributed by atoms with Crippen LogP contribution in [0.15, 0.2) is 29.3 Å². The van der Waals surface area contributed by atoms with Gasteiger partial charge in [0, 0.05) is 25.0 Å². The average molecular weight is 333 g/mol. The molecule has 0 bridgehead atoms. The van der Waals surface area contributed by atoms with Crippen molar-refractivity contribution in [3.05, 3.63) is 29.8 Å². The molecule has 0 saturated heterocycles. The van der Waals surface area contributed by atoms with Crippen molar-refractivity contribution >= 4 is 11.6 Å². The topological polar surface area (TPSA) is 68.9 Å². The monoisotopic (exact) mass is 333 g/mol. The van der Waals surface area contributed by atoms with Crippen LogP contribution in [-0.4, -0.2) is 31.8 Å². The van der Waals surface area contributed by atoms with Gasteiger partial charge in [-0.1, -0.05) is 44.4 Å². The van der Waals surface area contributed by atoms with Gasteiger partial charge in [0.1, 0.15) is 0 Å². The van der Waals surface area contributed by atoms with Crippen molar-refractivity contribution in [2.45, 2.75) is 57.7 Å². The van der Waals surface area contributed by atoms with Crippen molar-refractivity contribution in [1.82, 2.24) is 0 Å². The number of guanidine groups is 1. The minimum atomic E-state index is -0.132. The van der Waals surface area contributed by atoms with Crippen molar-refractivity contribution < 1.29 is 9.47 Å². The van der Waals surface area contributed by atoms with Gasteiger partial charge in [-0.25, -0.2) is 0 Å². The van der Waals surface area contributed by atoms with E-state index in [0.29, 0.717) is 19.1 Å². The van der Waals surface area contributed by atoms with Gasteiger partial charge in [-0.2, -0.15) is 0 Å². The summed E-state index contributed by atoms with van der Waals surface area (Å²) < 4.78 is 11.4. The second-order valence-electron chi connectivity index (χ2n) is 6.51. The van der Waals surface area contributed by atoms with E-state index in [9.17, 15) is 0 Å². The Hall–Kier alpha value is -1.59. The molecule has 1 aliphatic carbocycles. The number of hydrogen-bond donors (Lipinski definition) is 2. The largest absolute Gasteiger partial charge is 0.380 e. The van der Waals surface area contributed by atoms with Crippen molar-refractivity contribution in [1.29, 1.82) is 0 Å². The molecule has 3 N–H and O–H groups in total. The third-order valence-electron chi connectivity index (χ3n) is 4.49. The molecule has 1 aliphatic rings. The Labute approximate surface area is 145 Å². The zero-order chi connectivity index (χ0) is 17.3. The first kappa shape index (κ1) is 18.7. The Kier molecular flexibility index (Phi) is 7.53. The number of nitrogens with zero attached hydrogens (tertiary/aromatic N) is 1. The van der Waals surface area contributed by atoms with Crippen molar-refractivity contribution in [3.8, 4) is 0 Å². The summed E-state index contributed by atoms with van der Waals surface area (Å²) in [5.41, 5.74) is 7.99. The summed E-state index contributed by atoms with van der Waals surface area (Å²) >= 11 is 0. The molecule has 2 rings (SSSR count). The van der Waals surface area contributed by atoms with Gasteiger partial charge in [-0.05, 0) is 25.3 Å². The maximum absolute atomic E-state index is 6.17. The van der Waals surface area contributed by atoms with Gasteiger partial charge < -0.3 is 20.5 Å². The number of nitrogens with one attached hydrogen (secondary N) is 1. The lowest BCUT2D eigenvalue weighted by Gasteiger charge is -2.36. The average Bonchev–Trinajstić information content (AvgIpc) is 2.61. The normalized spacial score (nSPS) is 17.7. The molecule has 0 aliphatic heterocycles. The molecule has 5 heteroatoms. The standard InChI is InChI=1S/C19H31N3O2/c1-3-13-24-19(11-7-4-8-12-19)15-21-18(20)22-17-10-6-5-9-16(17)14-23-2/h5-6,9-10H,3-4,7-8,11-15H2,1-2H3,(H3,20,21,22). The summed E-state index contributed by atoms with van der Waals surface area (Å²) in [5, 5.41) is 3.20. The lowest BCUT2D eigenvalue weighted by atomic mass is 9.84. The Morgan fingerprint density at radius 1 is 1.25 bits per heavy atom. The van der Waals surface area contributed by atoms with E-state index in [1.54, 1.807) is 7.11 Å². The van der Waals surface area contributed by atoms with Gasteiger partial charge in [-0.15, -0.1) is 0 Å². The molecule has 5 nitrogen and oxygen atoms in total. The molecule has 134 valence electrons. The van der Waals surface area contributed by atoms with Gasteiger partial charge in [-0.3, -0.25) is 4.99 Å². The maximum Gasteiger partial charge on any atom is 0.193 e. The van der Waals surface area contributed by atoms with E-state index in [1.807, 2.05) is 24.3 Å². The summed E-state index contributed by atoms with van der Waals surface area (Å²) in [6.45, 7) is 4.10. The van der Waals surface area contributed by atoms with Crippen LogP contribution in [-0.2, 0) is 16.1 Å². The summed E-state index contributed by atoms with van der Waals surface area (Å²) in [5.74, 6) is 0.434. The third-order valence-corrected chi connectivity index (χ3v) is 4.49. The number of aliphatic imine (C=N–C) groups is 1. The van der Waals surface area contributed by atoms with Gasteiger partial charge in [0.25, 0.3) is 0 Å². The van der Waals surface area contributed by atoms with Crippen LogP contribution in [0.25, 0.3) is 0 Å². The molecule has 1 aromatic rings. The Balaban J connectivity index is 2.01. The Morgan fingerprint density at radius 2 is 2.00 bits per heavy atom. The van der Waals surface area contributed by atoms with Crippen LogP contribution in [0.5, 0.6) is 0 Å². The van der Waals surface area contributed by atoms with Crippen LogP contribution >= 0.6 is 0 Å². The van der Waals surface area contributed by atoms with Crippen LogP contribution in [0.1, 0.15) is 51.0 Å². The number of ether oxygens (including phenoxy) is 2. The Morgan fingerprint density at radius 3 is 2.71 bits per heavy atom. The predicted molar refractivity (Wildman–Crippen MR) is 99.3 cm³/mol. The molecule has 0 aromatic heterocycles. The SMILES string of the molecule is CCCOC1(CN=C(N)Nc2ccccc2COC)CCCCC1. The first-order valence-electron chi connectivity index (χ1n) is 8.97. The molecule has 0 spiro atoms. The number of benzene rings is 1. The maximum atomic E-state index is 6.17. The van der Waals surface area contributed by atoms with Gasteiger partial charge in [0.2, 0.25) is 0 Å². The molecule has 0 radical (unpaired) electrons. The molecule has 1 aromatic carbocycles. The first-order chi connectivity index (χ1) is 11.7. The number of anilines is 1. The molecular weight excluding hydrogens is 302 g/mol. The highest BCUT2D eigenvalue weighted by atomic mass is 16.5. The minimum absolute atomic E-state index is 0.132. The fourth-order valence-electron chi connectivity index (χ4n) is 3.19. The van der Waals surface area contributed by atoms with E-state index in [-0.39, 0.29) is 5.60 Å². The van der Waals surface area contributed by atoms with Gasteiger partial charge >= 0.3 is 0 Å². The molecule has 0 amide bonds. The molecule has 0 unspecified atom stereocenters. The highest BCUT2D eigenvalue weighted by molar-refractivity contribution is 5.93. The van der Waals surface area contributed by atoms with E-state index in [0.717, 1.165) is 37.1 Å². The summed E-state index contributed by atoms with van der Waals surface area (Å²) in [7, 11) is 1.69. The lowest BCUT2D eigenvalue weighted by molar-refractivity contribution is -0.0624. The summed E-state index contributed by atoms with van der Waals surface area (Å²) in [6.07, 6.45) is 6.89. The van der Waals surface area contributed by atoms with Crippen LogP contribution < -0.4 is 11.1 Å². The zero-order valence-corrected chi connectivity index (χ0v) is 15.0. The van der Waals surface area contributed by atoms with Crippen LogP contribution in [0, 0.1) is 0 Å². The van der Waals surface area contributed by atoms with E-state index < -0.39 is 0 Å². The fourth-order valence-corrected chi connectivity index (χ4v) is 3.19. The van der Waals surface area contributed by atoms with E-state index in [1.165, 1.54) is 19.3 Å². The van der Waals surface area contributed by atoms with Crippen molar-refractivity contribution in [3.63, 3.8) is 0 Å².